The van der Waals surface area contributed by atoms with Crippen molar-refractivity contribution >= 4 is 11.7 Å². The maximum absolute atomic E-state index is 11.9. The van der Waals surface area contributed by atoms with Crippen molar-refractivity contribution in [3.63, 3.8) is 0 Å². The van der Waals surface area contributed by atoms with Crippen LogP contribution in [-0.2, 0) is 0 Å². The van der Waals surface area contributed by atoms with Crippen LogP contribution in [0.1, 0.15) is 23.2 Å². The first-order chi connectivity index (χ1) is 8.70. The first-order valence-electron chi connectivity index (χ1n) is 6.12. The van der Waals surface area contributed by atoms with Gasteiger partial charge in [-0.25, -0.2) is 10.8 Å². The van der Waals surface area contributed by atoms with Crippen molar-refractivity contribution in [3.8, 4) is 0 Å². The monoisotopic (exact) mass is 249 g/mol. The molecule has 6 nitrogen and oxygen atoms in total. The predicted octanol–water partition coefficient (Wildman–Crippen LogP) is 0.191. The van der Waals surface area contributed by atoms with Crippen molar-refractivity contribution in [3.05, 3.63) is 23.9 Å². The summed E-state index contributed by atoms with van der Waals surface area (Å²) < 4.78 is 0. The summed E-state index contributed by atoms with van der Waals surface area (Å²) in [6.45, 7) is 1.53. The van der Waals surface area contributed by atoms with Crippen molar-refractivity contribution in [2.75, 3.05) is 25.6 Å². The van der Waals surface area contributed by atoms with Crippen molar-refractivity contribution in [1.82, 2.24) is 15.2 Å². The minimum absolute atomic E-state index is 0.0990. The number of hydrazine groups is 1. The largest absolute Gasteiger partial charge is 0.351 e. The highest BCUT2D eigenvalue weighted by Gasteiger charge is 2.25. The number of carbonyl (C=O) groups excluding carboxylic acids is 1. The molecule has 1 aliphatic carbocycles. The Hall–Kier alpha value is -1.66. The summed E-state index contributed by atoms with van der Waals surface area (Å²) in [7, 11) is 2.09. The standard InChI is InChI=1S/C12H19N5O/c1-17(10-2-3-10)7-6-15-12(18)9-4-5-14-11(8-9)16-13/h4-5,8,10H,2-3,6-7,13H2,1H3,(H,14,16)(H,15,18). The molecule has 1 amide bonds. The summed E-state index contributed by atoms with van der Waals surface area (Å²) in [6.07, 6.45) is 4.11. The van der Waals surface area contributed by atoms with Gasteiger partial charge in [-0.1, -0.05) is 0 Å². The summed E-state index contributed by atoms with van der Waals surface area (Å²) in [6, 6.07) is 4.01. The highest BCUT2D eigenvalue weighted by atomic mass is 16.1. The summed E-state index contributed by atoms with van der Waals surface area (Å²) in [5, 5.41) is 2.89. The fourth-order valence-corrected chi connectivity index (χ4v) is 1.80. The Morgan fingerprint density at radius 1 is 1.61 bits per heavy atom. The summed E-state index contributed by atoms with van der Waals surface area (Å²) in [5.74, 6) is 5.63. The van der Waals surface area contributed by atoms with E-state index in [1.165, 1.54) is 12.8 Å². The normalized spacial score (nSPS) is 14.6. The van der Waals surface area contributed by atoms with Crippen LogP contribution in [0.3, 0.4) is 0 Å². The molecular weight excluding hydrogens is 230 g/mol. The number of anilines is 1. The van der Waals surface area contributed by atoms with Crippen LogP contribution in [0.15, 0.2) is 18.3 Å². The quantitative estimate of drug-likeness (QED) is 0.495. The molecule has 1 aromatic rings. The van der Waals surface area contributed by atoms with Gasteiger partial charge in [0.25, 0.3) is 5.91 Å². The van der Waals surface area contributed by atoms with Gasteiger partial charge < -0.3 is 15.6 Å². The third kappa shape index (κ3) is 3.41. The molecule has 0 saturated heterocycles. The molecule has 98 valence electrons. The summed E-state index contributed by atoms with van der Waals surface area (Å²) in [4.78, 5) is 18.1. The van der Waals surface area contributed by atoms with E-state index in [9.17, 15) is 4.79 Å². The van der Waals surface area contributed by atoms with Crippen LogP contribution in [0.5, 0.6) is 0 Å². The number of rotatable bonds is 6. The Labute approximate surface area is 107 Å². The van der Waals surface area contributed by atoms with E-state index >= 15 is 0 Å². The summed E-state index contributed by atoms with van der Waals surface area (Å²) >= 11 is 0. The Morgan fingerprint density at radius 2 is 2.39 bits per heavy atom. The first-order valence-corrected chi connectivity index (χ1v) is 6.12. The molecule has 0 radical (unpaired) electrons. The van der Waals surface area contributed by atoms with Crippen LogP contribution in [0.4, 0.5) is 5.82 Å². The molecule has 4 N–H and O–H groups in total. The van der Waals surface area contributed by atoms with Crippen LogP contribution in [0.25, 0.3) is 0 Å². The lowest BCUT2D eigenvalue weighted by atomic mass is 10.2. The van der Waals surface area contributed by atoms with Crippen molar-refractivity contribution < 1.29 is 4.79 Å². The first kappa shape index (κ1) is 12.8. The highest BCUT2D eigenvalue weighted by Crippen LogP contribution is 2.24. The molecule has 1 fully saturated rings. The second kappa shape index (κ2) is 5.79. The van der Waals surface area contributed by atoms with Gasteiger partial charge in [-0.15, -0.1) is 0 Å². The number of nitrogens with two attached hydrogens (primary N) is 1. The van der Waals surface area contributed by atoms with Crippen LogP contribution >= 0.6 is 0 Å². The molecular formula is C12H19N5O. The molecule has 0 atom stereocenters. The van der Waals surface area contributed by atoms with Gasteiger partial charge in [0.1, 0.15) is 5.82 Å². The lowest BCUT2D eigenvalue weighted by molar-refractivity contribution is 0.0949. The van der Waals surface area contributed by atoms with Crippen LogP contribution in [-0.4, -0.2) is 42.0 Å². The zero-order chi connectivity index (χ0) is 13.0. The van der Waals surface area contributed by atoms with Gasteiger partial charge in [-0.2, -0.15) is 0 Å². The number of nitrogens with one attached hydrogen (secondary N) is 2. The highest BCUT2D eigenvalue weighted by molar-refractivity contribution is 5.94. The van der Waals surface area contributed by atoms with E-state index in [2.05, 4.69) is 27.7 Å². The van der Waals surface area contributed by atoms with E-state index in [0.717, 1.165) is 12.6 Å². The van der Waals surface area contributed by atoms with Crippen LogP contribution in [0.2, 0.25) is 0 Å². The topological polar surface area (TPSA) is 83.3 Å². The number of hydrogen-bond donors (Lipinski definition) is 3. The third-order valence-electron chi connectivity index (χ3n) is 3.09. The van der Waals surface area contributed by atoms with Gasteiger partial charge in [0.15, 0.2) is 0 Å². The van der Waals surface area contributed by atoms with Gasteiger partial charge in [0.2, 0.25) is 0 Å². The smallest absolute Gasteiger partial charge is 0.251 e. The number of nitrogens with zero attached hydrogens (tertiary/aromatic N) is 2. The van der Waals surface area contributed by atoms with E-state index in [4.69, 9.17) is 5.84 Å². The molecule has 0 aliphatic heterocycles. The molecule has 6 heteroatoms. The predicted molar refractivity (Wildman–Crippen MR) is 70.0 cm³/mol. The van der Waals surface area contributed by atoms with Gasteiger partial charge in [-0.05, 0) is 32.0 Å². The molecule has 1 heterocycles. The van der Waals surface area contributed by atoms with E-state index < -0.39 is 0 Å². The molecule has 1 saturated carbocycles. The number of amides is 1. The van der Waals surface area contributed by atoms with E-state index in [1.54, 1.807) is 18.3 Å². The van der Waals surface area contributed by atoms with Crippen molar-refractivity contribution in [1.29, 1.82) is 0 Å². The van der Waals surface area contributed by atoms with Gasteiger partial charge in [0, 0.05) is 30.9 Å². The average Bonchev–Trinajstić information content (AvgIpc) is 3.23. The number of likely N-dealkylation sites (N-methyl/N-ethyl adjacent to an activating group) is 1. The molecule has 1 aliphatic rings. The average molecular weight is 249 g/mol. The lowest BCUT2D eigenvalue weighted by Gasteiger charge is -2.15. The molecule has 1 aromatic heterocycles. The van der Waals surface area contributed by atoms with Crippen LogP contribution < -0.4 is 16.6 Å². The third-order valence-corrected chi connectivity index (χ3v) is 3.09. The molecule has 0 aromatic carbocycles. The molecule has 18 heavy (non-hydrogen) atoms. The Kier molecular flexibility index (Phi) is 4.11. The molecule has 0 spiro atoms. The number of aromatic nitrogens is 1. The molecule has 2 rings (SSSR count). The Bertz CT molecular complexity index is 419. The summed E-state index contributed by atoms with van der Waals surface area (Å²) in [5.41, 5.74) is 2.98. The SMILES string of the molecule is CN(CCNC(=O)c1ccnc(NN)c1)C1CC1. The fourth-order valence-electron chi connectivity index (χ4n) is 1.80. The number of pyridine rings is 1. The zero-order valence-corrected chi connectivity index (χ0v) is 10.5. The van der Waals surface area contributed by atoms with Crippen LogP contribution in [0, 0.1) is 0 Å². The fraction of sp³-hybridized carbons (Fsp3) is 0.500. The lowest BCUT2D eigenvalue weighted by Crippen LogP contribution is -2.34. The maximum atomic E-state index is 11.9. The van der Waals surface area contributed by atoms with E-state index in [1.807, 2.05) is 0 Å². The molecule has 0 bridgehead atoms. The number of nitrogen functional groups attached to an aromatic ring is 1. The second-order valence-electron chi connectivity index (χ2n) is 4.54. The minimum Gasteiger partial charge on any atom is -0.351 e. The van der Waals surface area contributed by atoms with Crippen molar-refractivity contribution in [2.45, 2.75) is 18.9 Å². The number of hydrogen-bond acceptors (Lipinski definition) is 5. The Morgan fingerprint density at radius 3 is 3.06 bits per heavy atom. The second-order valence-corrected chi connectivity index (χ2v) is 4.54. The van der Waals surface area contributed by atoms with Gasteiger partial charge in [-0.3, -0.25) is 4.79 Å². The van der Waals surface area contributed by atoms with Crippen molar-refractivity contribution in [2.24, 2.45) is 5.84 Å². The van der Waals surface area contributed by atoms with E-state index in [0.29, 0.717) is 17.9 Å². The van der Waals surface area contributed by atoms with Gasteiger partial charge in [0.05, 0.1) is 0 Å². The van der Waals surface area contributed by atoms with Gasteiger partial charge >= 0.3 is 0 Å². The molecule has 0 unspecified atom stereocenters. The number of carbonyl (C=O) groups is 1. The minimum atomic E-state index is -0.0990. The zero-order valence-electron chi connectivity index (χ0n) is 10.5. The maximum Gasteiger partial charge on any atom is 0.251 e. The Balaban J connectivity index is 1.79. The van der Waals surface area contributed by atoms with E-state index in [-0.39, 0.29) is 5.91 Å².